The lowest BCUT2D eigenvalue weighted by atomic mass is 10.2. The quantitative estimate of drug-likeness (QED) is 0.703. The summed E-state index contributed by atoms with van der Waals surface area (Å²) in [5, 5.41) is 0. The number of nitrogens with two attached hydrogens (primary N) is 1. The lowest BCUT2D eigenvalue weighted by Gasteiger charge is -2.11. The summed E-state index contributed by atoms with van der Waals surface area (Å²) in [6, 6.07) is 5.03. The van der Waals surface area contributed by atoms with Crippen molar-refractivity contribution >= 4 is 49.0 Å². The number of halogens is 1. The Labute approximate surface area is 119 Å². The molecule has 98 valence electrons. The number of nitrogens with one attached hydrogen (secondary N) is 2. The van der Waals surface area contributed by atoms with Crippen molar-refractivity contribution in [1.29, 1.82) is 0 Å². The maximum Gasteiger partial charge on any atom is 0.299 e. The van der Waals surface area contributed by atoms with Gasteiger partial charge in [0.1, 0.15) is 4.99 Å². The number of benzene rings is 1. The zero-order valence-electron chi connectivity index (χ0n) is 9.31. The molecule has 1 aliphatic rings. The van der Waals surface area contributed by atoms with Gasteiger partial charge in [-0.25, -0.2) is 0 Å². The molecule has 2 rings (SSSR count). The summed E-state index contributed by atoms with van der Waals surface area (Å²) >= 11 is 8.13. The first-order valence-electron chi connectivity index (χ1n) is 5.27. The molecule has 1 aromatic carbocycles. The van der Waals surface area contributed by atoms with Crippen LogP contribution in [0.2, 0.25) is 0 Å². The van der Waals surface area contributed by atoms with Crippen LogP contribution in [0.1, 0.15) is 18.4 Å². The second kappa shape index (κ2) is 5.12. The average molecular weight is 350 g/mol. The molecule has 0 radical (unpaired) electrons. The molecule has 5 nitrogen and oxygen atoms in total. The van der Waals surface area contributed by atoms with Crippen molar-refractivity contribution in [2.75, 3.05) is 4.72 Å². The third-order valence-electron chi connectivity index (χ3n) is 2.40. The molecule has 0 aromatic heterocycles. The van der Waals surface area contributed by atoms with Gasteiger partial charge in [-0.1, -0.05) is 12.2 Å². The molecule has 1 aliphatic carbocycles. The molecule has 0 unspecified atom stereocenters. The second-order valence-electron chi connectivity index (χ2n) is 4.06. The standard InChI is InChI=1S/C10H12BrN3O2S2/c11-8-5-6(10(12)17)1-4-9(8)14-18(15,16)13-7-2-3-7/h1,4-5,7,13-14H,2-3H2,(H2,12,17). The predicted octanol–water partition coefficient (Wildman–Crippen LogP) is 1.49. The maximum absolute atomic E-state index is 11.7. The average Bonchev–Trinajstić information content (AvgIpc) is 3.03. The first kappa shape index (κ1) is 13.7. The van der Waals surface area contributed by atoms with Crippen LogP contribution in [0.25, 0.3) is 0 Å². The first-order valence-corrected chi connectivity index (χ1v) is 7.95. The van der Waals surface area contributed by atoms with Crippen molar-refractivity contribution in [3.8, 4) is 0 Å². The van der Waals surface area contributed by atoms with Gasteiger partial charge in [0.05, 0.1) is 5.69 Å². The Balaban J connectivity index is 2.16. The van der Waals surface area contributed by atoms with Gasteiger partial charge in [-0.3, -0.25) is 4.72 Å². The van der Waals surface area contributed by atoms with Gasteiger partial charge in [-0.2, -0.15) is 13.1 Å². The van der Waals surface area contributed by atoms with Crippen LogP contribution in [0.3, 0.4) is 0 Å². The predicted molar refractivity (Wildman–Crippen MR) is 78.7 cm³/mol. The Morgan fingerprint density at radius 2 is 2.11 bits per heavy atom. The van der Waals surface area contributed by atoms with Crippen LogP contribution < -0.4 is 15.2 Å². The summed E-state index contributed by atoms with van der Waals surface area (Å²) < 4.78 is 29.0. The highest BCUT2D eigenvalue weighted by molar-refractivity contribution is 9.10. The van der Waals surface area contributed by atoms with Crippen LogP contribution in [0.4, 0.5) is 5.69 Å². The fraction of sp³-hybridized carbons (Fsp3) is 0.300. The molecule has 0 spiro atoms. The molecule has 0 heterocycles. The van der Waals surface area contributed by atoms with E-state index >= 15 is 0 Å². The summed E-state index contributed by atoms with van der Waals surface area (Å²) in [7, 11) is -3.52. The SMILES string of the molecule is NC(=S)c1ccc(NS(=O)(=O)NC2CC2)c(Br)c1. The minimum atomic E-state index is -3.52. The molecule has 1 saturated carbocycles. The third-order valence-corrected chi connectivity index (χ3v) is 4.42. The number of anilines is 1. The lowest BCUT2D eigenvalue weighted by Crippen LogP contribution is -2.31. The second-order valence-corrected chi connectivity index (χ2v) is 6.80. The summed E-state index contributed by atoms with van der Waals surface area (Å²) in [6.07, 6.45) is 1.78. The Hall–Kier alpha value is -0.700. The summed E-state index contributed by atoms with van der Waals surface area (Å²) in [6.45, 7) is 0. The van der Waals surface area contributed by atoms with Crippen LogP contribution in [-0.4, -0.2) is 19.4 Å². The zero-order chi connectivity index (χ0) is 13.3. The van der Waals surface area contributed by atoms with Crippen LogP contribution >= 0.6 is 28.1 Å². The Morgan fingerprint density at radius 1 is 1.44 bits per heavy atom. The molecule has 0 bridgehead atoms. The molecule has 0 atom stereocenters. The van der Waals surface area contributed by atoms with Crippen LogP contribution in [-0.2, 0) is 10.2 Å². The van der Waals surface area contributed by atoms with Crippen molar-refractivity contribution in [3.05, 3.63) is 28.2 Å². The molecule has 1 fully saturated rings. The summed E-state index contributed by atoms with van der Waals surface area (Å²) in [4.78, 5) is 0.265. The van der Waals surface area contributed by atoms with Crippen LogP contribution in [0.15, 0.2) is 22.7 Å². The smallest absolute Gasteiger partial charge is 0.299 e. The van der Waals surface area contributed by atoms with E-state index in [-0.39, 0.29) is 11.0 Å². The maximum atomic E-state index is 11.7. The minimum absolute atomic E-state index is 0.0668. The van der Waals surface area contributed by atoms with E-state index in [4.69, 9.17) is 18.0 Å². The van der Waals surface area contributed by atoms with E-state index < -0.39 is 10.2 Å². The molecule has 0 aliphatic heterocycles. The van der Waals surface area contributed by atoms with E-state index in [0.717, 1.165) is 12.8 Å². The number of thiocarbonyl (C=S) groups is 1. The van der Waals surface area contributed by atoms with E-state index in [2.05, 4.69) is 25.4 Å². The zero-order valence-corrected chi connectivity index (χ0v) is 12.5. The highest BCUT2D eigenvalue weighted by Crippen LogP contribution is 2.25. The van der Waals surface area contributed by atoms with Gasteiger partial charge in [0.2, 0.25) is 0 Å². The summed E-state index contributed by atoms with van der Waals surface area (Å²) in [5.41, 5.74) is 6.62. The summed E-state index contributed by atoms with van der Waals surface area (Å²) in [5.74, 6) is 0. The topological polar surface area (TPSA) is 84.2 Å². The normalized spacial score (nSPS) is 15.4. The highest BCUT2D eigenvalue weighted by atomic mass is 79.9. The molecule has 4 N–H and O–H groups in total. The fourth-order valence-electron chi connectivity index (χ4n) is 1.35. The van der Waals surface area contributed by atoms with Gasteiger partial charge < -0.3 is 5.73 Å². The Morgan fingerprint density at radius 3 is 2.61 bits per heavy atom. The molecular weight excluding hydrogens is 338 g/mol. The Bertz CT molecular complexity index is 585. The van der Waals surface area contributed by atoms with E-state index in [1.807, 2.05) is 0 Å². The monoisotopic (exact) mass is 349 g/mol. The molecule has 1 aromatic rings. The van der Waals surface area contributed by atoms with Crippen LogP contribution in [0, 0.1) is 0 Å². The number of hydrogen-bond acceptors (Lipinski definition) is 3. The molecule has 0 amide bonds. The number of hydrogen-bond donors (Lipinski definition) is 3. The van der Waals surface area contributed by atoms with E-state index in [1.165, 1.54) is 0 Å². The lowest BCUT2D eigenvalue weighted by molar-refractivity contribution is 0.586. The highest BCUT2D eigenvalue weighted by Gasteiger charge is 2.27. The van der Waals surface area contributed by atoms with Crippen molar-refractivity contribution in [1.82, 2.24) is 4.72 Å². The van der Waals surface area contributed by atoms with Gasteiger partial charge in [0, 0.05) is 16.1 Å². The van der Waals surface area contributed by atoms with Crippen molar-refractivity contribution in [2.45, 2.75) is 18.9 Å². The fourth-order valence-corrected chi connectivity index (χ4v) is 3.28. The molecular formula is C10H12BrN3O2S2. The van der Waals surface area contributed by atoms with Crippen molar-refractivity contribution < 1.29 is 8.42 Å². The molecule has 8 heteroatoms. The Kier molecular flexibility index (Phi) is 3.90. The largest absolute Gasteiger partial charge is 0.389 e. The molecule has 18 heavy (non-hydrogen) atoms. The van der Waals surface area contributed by atoms with Gasteiger partial charge in [0.15, 0.2) is 0 Å². The van der Waals surface area contributed by atoms with E-state index in [1.54, 1.807) is 18.2 Å². The number of rotatable bonds is 5. The van der Waals surface area contributed by atoms with Gasteiger partial charge >= 0.3 is 0 Å². The first-order chi connectivity index (χ1) is 8.37. The van der Waals surface area contributed by atoms with Gasteiger partial charge in [-0.05, 0) is 47.0 Å². The van der Waals surface area contributed by atoms with Crippen molar-refractivity contribution in [3.63, 3.8) is 0 Å². The van der Waals surface area contributed by atoms with E-state index in [0.29, 0.717) is 15.7 Å². The third kappa shape index (κ3) is 3.64. The molecule has 0 saturated heterocycles. The van der Waals surface area contributed by atoms with Gasteiger partial charge in [-0.15, -0.1) is 0 Å². The minimum Gasteiger partial charge on any atom is -0.389 e. The van der Waals surface area contributed by atoms with E-state index in [9.17, 15) is 8.42 Å². The van der Waals surface area contributed by atoms with Gasteiger partial charge in [0.25, 0.3) is 10.2 Å². The van der Waals surface area contributed by atoms with Crippen molar-refractivity contribution in [2.24, 2.45) is 5.73 Å². The van der Waals surface area contributed by atoms with Crippen LogP contribution in [0.5, 0.6) is 0 Å².